The van der Waals surface area contributed by atoms with E-state index < -0.39 is 11.8 Å². The maximum atomic E-state index is 13.0. The van der Waals surface area contributed by atoms with Gasteiger partial charge >= 0.3 is 0 Å². The molecule has 11 nitrogen and oxygen atoms in total. The molecule has 32 heavy (non-hydrogen) atoms. The molecule has 2 amide bonds. The van der Waals surface area contributed by atoms with Gasteiger partial charge in [0, 0.05) is 18.0 Å². The second kappa shape index (κ2) is 8.38. The molecule has 3 N–H and O–H groups in total. The van der Waals surface area contributed by atoms with Gasteiger partial charge in [0.15, 0.2) is 5.82 Å². The molecule has 0 bridgehead atoms. The number of amides is 2. The van der Waals surface area contributed by atoms with E-state index in [2.05, 4.69) is 25.5 Å². The number of hydrogen-bond donors (Lipinski definition) is 2. The summed E-state index contributed by atoms with van der Waals surface area (Å²) in [5.74, 6) is -1.17. The lowest BCUT2D eigenvalue weighted by Gasteiger charge is -2.08. The Bertz CT molecular complexity index is 1360. The van der Waals surface area contributed by atoms with Crippen molar-refractivity contribution in [2.75, 3.05) is 5.32 Å². The van der Waals surface area contributed by atoms with E-state index in [1.165, 1.54) is 10.7 Å². The smallest absolute Gasteiger partial charge is 0.294 e. The highest BCUT2D eigenvalue weighted by atomic mass is 16.5. The van der Waals surface area contributed by atoms with Crippen molar-refractivity contribution in [2.24, 2.45) is 5.73 Å². The number of fused-ring (bicyclic) bond motifs is 1. The van der Waals surface area contributed by atoms with Crippen molar-refractivity contribution in [3.05, 3.63) is 65.2 Å². The van der Waals surface area contributed by atoms with Gasteiger partial charge in [0.05, 0.1) is 22.5 Å². The number of ketones is 1. The van der Waals surface area contributed by atoms with Crippen LogP contribution in [0.25, 0.3) is 10.9 Å². The van der Waals surface area contributed by atoms with Gasteiger partial charge in [-0.25, -0.2) is 4.98 Å². The van der Waals surface area contributed by atoms with E-state index in [4.69, 9.17) is 10.3 Å². The zero-order valence-corrected chi connectivity index (χ0v) is 17.3. The summed E-state index contributed by atoms with van der Waals surface area (Å²) in [6.45, 7) is 3.59. The molecule has 0 fully saturated rings. The Morgan fingerprint density at radius 2 is 1.97 bits per heavy atom. The van der Waals surface area contributed by atoms with Crippen molar-refractivity contribution in [3.8, 4) is 0 Å². The van der Waals surface area contributed by atoms with Crippen molar-refractivity contribution < 1.29 is 18.9 Å². The molecular formula is C21H19N7O4. The largest absolute Gasteiger partial charge is 0.364 e. The lowest BCUT2D eigenvalue weighted by Crippen LogP contribution is -2.17. The first-order chi connectivity index (χ1) is 15.4. The fourth-order valence-electron chi connectivity index (χ4n) is 3.13. The van der Waals surface area contributed by atoms with E-state index in [0.717, 1.165) is 0 Å². The van der Waals surface area contributed by atoms with Gasteiger partial charge in [0.2, 0.25) is 5.78 Å². The van der Waals surface area contributed by atoms with Crippen LogP contribution in [0.5, 0.6) is 0 Å². The van der Waals surface area contributed by atoms with E-state index in [1.807, 2.05) is 0 Å². The molecule has 0 aliphatic rings. The average Bonchev–Trinajstić information content (AvgIpc) is 3.38. The summed E-state index contributed by atoms with van der Waals surface area (Å²) >= 11 is 0. The molecule has 0 saturated carbocycles. The van der Waals surface area contributed by atoms with Gasteiger partial charge in [-0.2, -0.15) is 10.1 Å². The first-order valence-electron chi connectivity index (χ1n) is 9.76. The number of carbonyl (C=O) groups excluding carboxylic acids is 3. The number of aromatic nitrogens is 5. The quantitative estimate of drug-likeness (QED) is 0.419. The summed E-state index contributed by atoms with van der Waals surface area (Å²) in [6, 6.07) is 8.34. The molecule has 0 aliphatic heterocycles. The number of nitrogens with zero attached hydrogens (tertiary/aromatic N) is 5. The van der Waals surface area contributed by atoms with Crippen LogP contribution in [-0.2, 0) is 6.54 Å². The summed E-state index contributed by atoms with van der Waals surface area (Å²) in [7, 11) is 0. The average molecular weight is 433 g/mol. The Balaban J connectivity index is 1.58. The molecule has 0 atom stereocenters. The molecule has 3 aromatic heterocycles. The van der Waals surface area contributed by atoms with E-state index in [9.17, 15) is 14.4 Å². The number of aryl methyl sites for hydroxylation is 1. The number of hydrogen-bond acceptors (Lipinski definition) is 8. The first-order valence-corrected chi connectivity index (χ1v) is 9.76. The standard InChI is InChI=1S/C21H19N7O4/c1-3-17(29)21-25-18(27-32-21)10-28-9-16(11(2)26-28)24-20(31)13-8-15(19(22)30)23-14-7-5-4-6-12(13)14/h4-9H,3,10H2,1-2H3,(H2,22,30)(H,24,31). The van der Waals surface area contributed by atoms with Crippen LogP contribution in [0.15, 0.2) is 41.1 Å². The number of nitrogens with two attached hydrogens (primary N) is 1. The first kappa shape index (κ1) is 20.8. The number of rotatable bonds is 7. The van der Waals surface area contributed by atoms with Crippen molar-refractivity contribution >= 4 is 34.2 Å². The fraction of sp³-hybridized carbons (Fsp3) is 0.190. The van der Waals surface area contributed by atoms with Crippen LogP contribution < -0.4 is 11.1 Å². The van der Waals surface area contributed by atoms with Crippen LogP contribution >= 0.6 is 0 Å². The van der Waals surface area contributed by atoms with Gasteiger partial charge in [0.1, 0.15) is 12.2 Å². The van der Waals surface area contributed by atoms with Crippen molar-refractivity contribution in [2.45, 2.75) is 26.8 Å². The predicted octanol–water partition coefficient (Wildman–Crippen LogP) is 2.11. The fourth-order valence-corrected chi connectivity index (χ4v) is 3.13. The van der Waals surface area contributed by atoms with Crippen LogP contribution in [-0.4, -0.2) is 42.5 Å². The van der Waals surface area contributed by atoms with Crippen LogP contribution in [0, 0.1) is 6.92 Å². The van der Waals surface area contributed by atoms with Crippen LogP contribution in [0.1, 0.15) is 56.4 Å². The number of nitrogens with one attached hydrogen (secondary N) is 1. The van der Waals surface area contributed by atoms with E-state index in [1.54, 1.807) is 44.3 Å². The van der Waals surface area contributed by atoms with Gasteiger partial charge in [-0.1, -0.05) is 30.3 Å². The van der Waals surface area contributed by atoms with Crippen LogP contribution in [0.2, 0.25) is 0 Å². The van der Waals surface area contributed by atoms with Gasteiger partial charge in [-0.15, -0.1) is 0 Å². The molecule has 4 rings (SSSR count). The zero-order chi connectivity index (χ0) is 22.8. The van der Waals surface area contributed by atoms with Crippen molar-refractivity contribution in [1.82, 2.24) is 24.9 Å². The maximum absolute atomic E-state index is 13.0. The minimum absolute atomic E-state index is 0.00388. The molecule has 4 aromatic rings. The Kier molecular flexibility index (Phi) is 5.46. The molecule has 0 aliphatic carbocycles. The number of Topliss-reactive ketones (excluding diaryl/α,β-unsaturated/α-hetero) is 1. The number of primary amides is 1. The third-order valence-corrected chi connectivity index (χ3v) is 4.74. The number of para-hydroxylation sites is 1. The third kappa shape index (κ3) is 4.08. The maximum Gasteiger partial charge on any atom is 0.294 e. The Labute approximate surface area is 181 Å². The topological polar surface area (TPSA) is 159 Å². The Hall–Kier alpha value is -4.41. The number of carbonyl (C=O) groups is 3. The monoisotopic (exact) mass is 433 g/mol. The number of pyridine rings is 1. The van der Waals surface area contributed by atoms with Gasteiger partial charge in [-0.3, -0.25) is 19.1 Å². The molecule has 162 valence electrons. The molecule has 1 aromatic carbocycles. The Morgan fingerprint density at radius 3 is 2.72 bits per heavy atom. The van der Waals surface area contributed by atoms with Gasteiger partial charge < -0.3 is 15.6 Å². The van der Waals surface area contributed by atoms with E-state index >= 15 is 0 Å². The highest BCUT2D eigenvalue weighted by Gasteiger charge is 2.18. The normalized spacial score (nSPS) is 10.9. The summed E-state index contributed by atoms with van der Waals surface area (Å²) < 4.78 is 6.48. The lowest BCUT2D eigenvalue weighted by molar-refractivity contribution is 0.0944. The summed E-state index contributed by atoms with van der Waals surface area (Å²) in [6.07, 6.45) is 1.88. The molecule has 11 heteroatoms. The summed E-state index contributed by atoms with van der Waals surface area (Å²) in [4.78, 5) is 44.6. The summed E-state index contributed by atoms with van der Waals surface area (Å²) in [5, 5.41) is 11.5. The highest BCUT2D eigenvalue weighted by molar-refractivity contribution is 6.13. The second-order valence-corrected chi connectivity index (χ2v) is 7.01. The second-order valence-electron chi connectivity index (χ2n) is 7.01. The zero-order valence-electron chi connectivity index (χ0n) is 17.3. The molecule has 3 heterocycles. The minimum atomic E-state index is -0.727. The lowest BCUT2D eigenvalue weighted by atomic mass is 10.1. The van der Waals surface area contributed by atoms with Crippen LogP contribution in [0.4, 0.5) is 5.69 Å². The van der Waals surface area contributed by atoms with Gasteiger partial charge in [-0.05, 0) is 19.1 Å². The van der Waals surface area contributed by atoms with Crippen molar-refractivity contribution in [3.63, 3.8) is 0 Å². The molecule has 0 unspecified atom stereocenters. The Morgan fingerprint density at radius 1 is 1.19 bits per heavy atom. The van der Waals surface area contributed by atoms with E-state index in [0.29, 0.717) is 22.3 Å². The minimum Gasteiger partial charge on any atom is -0.364 e. The molecule has 0 radical (unpaired) electrons. The predicted molar refractivity (Wildman–Crippen MR) is 113 cm³/mol. The van der Waals surface area contributed by atoms with Gasteiger partial charge in [0.25, 0.3) is 17.7 Å². The van der Waals surface area contributed by atoms with E-state index in [-0.39, 0.29) is 41.7 Å². The SMILES string of the molecule is CCC(=O)c1nc(Cn2cc(NC(=O)c3cc(C(N)=O)nc4ccccc34)c(C)n2)no1. The highest BCUT2D eigenvalue weighted by Crippen LogP contribution is 2.21. The molecular weight excluding hydrogens is 414 g/mol. The summed E-state index contributed by atoms with van der Waals surface area (Å²) in [5.41, 5.74) is 7.13. The van der Waals surface area contributed by atoms with Crippen LogP contribution in [0.3, 0.4) is 0 Å². The number of anilines is 1. The number of benzene rings is 1. The molecule has 0 saturated heterocycles. The molecule has 0 spiro atoms. The van der Waals surface area contributed by atoms with Crippen molar-refractivity contribution in [1.29, 1.82) is 0 Å². The third-order valence-electron chi connectivity index (χ3n) is 4.74.